The maximum Gasteiger partial charge on any atom is 0.261 e. The van der Waals surface area contributed by atoms with Gasteiger partial charge in [0, 0.05) is 19.2 Å². The molecule has 0 radical (unpaired) electrons. The van der Waals surface area contributed by atoms with E-state index in [2.05, 4.69) is 10.3 Å². The van der Waals surface area contributed by atoms with Crippen LogP contribution in [0.2, 0.25) is 0 Å². The number of carbonyl (C=O) groups excluding carboxylic acids is 1. The number of nitrogens with zero attached hydrogens (tertiary/aromatic N) is 2. The standard InChI is InChI=1S/C17H19N3O4S/c1-25(22,23)20-11-9-16(24-15-8-3-2-7-14(15)20)17(21)19-12-13-6-4-5-10-18-13/h2-8,10,16H,9,11-12H2,1H3,(H,19,21). The number of aromatic nitrogens is 1. The minimum atomic E-state index is -3.46. The molecule has 2 aromatic rings. The summed E-state index contributed by atoms with van der Waals surface area (Å²) in [6.07, 6.45) is 2.29. The van der Waals surface area contributed by atoms with Crippen LogP contribution in [-0.4, -0.2) is 38.2 Å². The Morgan fingerprint density at radius 3 is 2.76 bits per heavy atom. The minimum absolute atomic E-state index is 0.178. The van der Waals surface area contributed by atoms with Gasteiger partial charge < -0.3 is 10.1 Å². The first-order valence-corrected chi connectivity index (χ1v) is 9.71. The van der Waals surface area contributed by atoms with Crippen molar-refractivity contribution in [3.63, 3.8) is 0 Å². The summed E-state index contributed by atoms with van der Waals surface area (Å²) in [5.41, 5.74) is 1.19. The van der Waals surface area contributed by atoms with Gasteiger partial charge in [0.25, 0.3) is 5.91 Å². The predicted molar refractivity (Wildman–Crippen MR) is 93.7 cm³/mol. The number of benzene rings is 1. The number of ether oxygens (including phenoxy) is 1. The Morgan fingerprint density at radius 1 is 1.28 bits per heavy atom. The summed E-state index contributed by atoms with van der Waals surface area (Å²) >= 11 is 0. The second kappa shape index (κ2) is 7.10. The van der Waals surface area contributed by atoms with Crippen LogP contribution in [0.5, 0.6) is 5.75 Å². The number of rotatable bonds is 4. The lowest BCUT2D eigenvalue weighted by molar-refractivity contribution is -0.128. The Balaban J connectivity index is 1.76. The third kappa shape index (κ3) is 4.08. The molecule has 0 bridgehead atoms. The predicted octanol–water partition coefficient (Wildman–Crippen LogP) is 1.32. The van der Waals surface area contributed by atoms with Gasteiger partial charge in [0.1, 0.15) is 5.75 Å². The molecule has 1 aromatic heterocycles. The fourth-order valence-corrected chi connectivity index (χ4v) is 3.60. The monoisotopic (exact) mass is 361 g/mol. The summed E-state index contributed by atoms with van der Waals surface area (Å²) < 4.78 is 31.2. The molecule has 0 saturated carbocycles. The highest BCUT2D eigenvalue weighted by atomic mass is 32.2. The van der Waals surface area contributed by atoms with E-state index in [-0.39, 0.29) is 25.4 Å². The average Bonchev–Trinajstić information content (AvgIpc) is 2.80. The third-order valence-electron chi connectivity index (χ3n) is 3.86. The average molecular weight is 361 g/mol. The fourth-order valence-electron chi connectivity index (χ4n) is 2.65. The van der Waals surface area contributed by atoms with Gasteiger partial charge in [0.2, 0.25) is 10.0 Å². The minimum Gasteiger partial charge on any atom is -0.478 e. The summed E-state index contributed by atoms with van der Waals surface area (Å²) in [4.78, 5) is 16.6. The molecule has 0 fully saturated rings. The molecule has 7 nitrogen and oxygen atoms in total. The van der Waals surface area contributed by atoms with Gasteiger partial charge >= 0.3 is 0 Å². The highest BCUT2D eigenvalue weighted by Crippen LogP contribution is 2.33. The van der Waals surface area contributed by atoms with Crippen LogP contribution in [0.15, 0.2) is 48.7 Å². The number of anilines is 1. The molecular formula is C17H19N3O4S. The zero-order valence-corrected chi connectivity index (χ0v) is 14.6. The molecule has 0 spiro atoms. The highest BCUT2D eigenvalue weighted by Gasteiger charge is 2.30. The van der Waals surface area contributed by atoms with Crippen LogP contribution < -0.4 is 14.4 Å². The number of hydrogen-bond donors (Lipinski definition) is 1. The van der Waals surface area contributed by atoms with Gasteiger partial charge in [-0.15, -0.1) is 0 Å². The lowest BCUT2D eigenvalue weighted by atomic mass is 10.2. The molecule has 1 unspecified atom stereocenters. The van der Waals surface area contributed by atoms with Crippen molar-refractivity contribution in [3.05, 3.63) is 54.4 Å². The maximum atomic E-state index is 12.5. The second-order valence-electron chi connectivity index (χ2n) is 5.74. The summed E-state index contributed by atoms with van der Waals surface area (Å²) in [6.45, 7) is 0.467. The Bertz CT molecular complexity index is 855. The second-order valence-corrected chi connectivity index (χ2v) is 7.64. The van der Waals surface area contributed by atoms with Crippen molar-refractivity contribution in [3.8, 4) is 5.75 Å². The molecular weight excluding hydrogens is 342 g/mol. The van der Waals surface area contributed by atoms with E-state index in [4.69, 9.17) is 4.74 Å². The summed E-state index contributed by atoms with van der Waals surface area (Å²) in [5, 5.41) is 2.79. The first-order valence-electron chi connectivity index (χ1n) is 7.86. The van der Waals surface area contributed by atoms with Crippen LogP contribution in [0.25, 0.3) is 0 Å². The van der Waals surface area contributed by atoms with Gasteiger partial charge in [-0.2, -0.15) is 0 Å². The Morgan fingerprint density at radius 2 is 2.04 bits per heavy atom. The van der Waals surface area contributed by atoms with Crippen molar-refractivity contribution < 1.29 is 17.9 Å². The zero-order chi connectivity index (χ0) is 17.9. The van der Waals surface area contributed by atoms with Gasteiger partial charge in [0.05, 0.1) is 24.2 Å². The van der Waals surface area contributed by atoms with Crippen molar-refractivity contribution in [2.45, 2.75) is 19.1 Å². The molecule has 1 aromatic carbocycles. The van der Waals surface area contributed by atoms with E-state index in [9.17, 15) is 13.2 Å². The first kappa shape index (κ1) is 17.2. The van der Waals surface area contributed by atoms with Gasteiger partial charge in [-0.05, 0) is 24.3 Å². The molecule has 1 N–H and O–H groups in total. The SMILES string of the molecule is CS(=O)(=O)N1CCC(C(=O)NCc2ccccn2)Oc2ccccc21. The Kier molecular flexibility index (Phi) is 4.89. The molecule has 8 heteroatoms. The first-order chi connectivity index (χ1) is 11.9. The largest absolute Gasteiger partial charge is 0.478 e. The van der Waals surface area contributed by atoms with Gasteiger partial charge in [0.15, 0.2) is 6.10 Å². The van der Waals surface area contributed by atoms with Crippen molar-refractivity contribution >= 4 is 21.6 Å². The quantitative estimate of drug-likeness (QED) is 0.887. The van der Waals surface area contributed by atoms with E-state index in [0.29, 0.717) is 11.4 Å². The fraction of sp³-hybridized carbons (Fsp3) is 0.294. The lowest BCUT2D eigenvalue weighted by Gasteiger charge is -2.20. The molecule has 1 amide bonds. The van der Waals surface area contributed by atoms with E-state index in [1.165, 1.54) is 4.31 Å². The summed E-state index contributed by atoms with van der Waals surface area (Å²) in [7, 11) is -3.46. The van der Waals surface area contributed by atoms with Crippen molar-refractivity contribution in [2.24, 2.45) is 0 Å². The van der Waals surface area contributed by atoms with E-state index < -0.39 is 16.1 Å². The molecule has 25 heavy (non-hydrogen) atoms. The number of hydrogen-bond acceptors (Lipinski definition) is 5. The van der Waals surface area contributed by atoms with E-state index in [1.807, 2.05) is 12.1 Å². The number of fused-ring (bicyclic) bond motifs is 1. The van der Waals surface area contributed by atoms with E-state index in [0.717, 1.165) is 11.9 Å². The van der Waals surface area contributed by atoms with Crippen LogP contribution in [0.4, 0.5) is 5.69 Å². The number of amides is 1. The van der Waals surface area contributed by atoms with Gasteiger partial charge in [-0.3, -0.25) is 14.1 Å². The van der Waals surface area contributed by atoms with Crippen LogP contribution in [0, 0.1) is 0 Å². The molecule has 2 heterocycles. The van der Waals surface area contributed by atoms with Gasteiger partial charge in [-0.25, -0.2) is 8.42 Å². The number of pyridine rings is 1. The molecule has 0 saturated heterocycles. The van der Waals surface area contributed by atoms with Crippen molar-refractivity contribution in [1.29, 1.82) is 0 Å². The number of para-hydroxylation sites is 2. The molecule has 0 aliphatic carbocycles. The normalized spacial score (nSPS) is 17.2. The van der Waals surface area contributed by atoms with Crippen molar-refractivity contribution in [2.75, 3.05) is 17.1 Å². The van der Waals surface area contributed by atoms with Crippen LogP contribution in [0.1, 0.15) is 12.1 Å². The van der Waals surface area contributed by atoms with Crippen molar-refractivity contribution in [1.82, 2.24) is 10.3 Å². The van der Waals surface area contributed by atoms with Crippen LogP contribution in [-0.2, 0) is 21.4 Å². The summed E-state index contributed by atoms with van der Waals surface area (Å²) in [6, 6.07) is 12.3. The molecule has 1 aliphatic rings. The van der Waals surface area contributed by atoms with Crippen LogP contribution >= 0.6 is 0 Å². The molecule has 1 atom stereocenters. The summed E-state index contributed by atoms with van der Waals surface area (Å²) in [5.74, 6) is 0.0826. The topological polar surface area (TPSA) is 88.6 Å². The molecule has 1 aliphatic heterocycles. The smallest absolute Gasteiger partial charge is 0.261 e. The van der Waals surface area contributed by atoms with E-state index in [1.54, 1.807) is 36.5 Å². The number of carbonyl (C=O) groups is 1. The Labute approximate surface area is 146 Å². The Hall–Kier alpha value is -2.61. The maximum absolute atomic E-state index is 12.5. The number of sulfonamides is 1. The highest BCUT2D eigenvalue weighted by molar-refractivity contribution is 7.92. The molecule has 3 rings (SSSR count). The van der Waals surface area contributed by atoms with E-state index >= 15 is 0 Å². The lowest BCUT2D eigenvalue weighted by Crippen LogP contribution is -2.39. The van der Waals surface area contributed by atoms with Crippen LogP contribution in [0.3, 0.4) is 0 Å². The molecule has 132 valence electrons. The number of nitrogens with one attached hydrogen (secondary N) is 1. The zero-order valence-electron chi connectivity index (χ0n) is 13.8. The third-order valence-corrected chi connectivity index (χ3v) is 5.04. The van der Waals surface area contributed by atoms with Gasteiger partial charge in [-0.1, -0.05) is 18.2 Å².